The third-order valence-corrected chi connectivity index (χ3v) is 6.24. The van der Waals surface area contributed by atoms with Gasteiger partial charge in [0.1, 0.15) is 17.4 Å². The van der Waals surface area contributed by atoms with Gasteiger partial charge in [-0.3, -0.25) is 9.69 Å². The van der Waals surface area contributed by atoms with Crippen LogP contribution in [-0.4, -0.2) is 65.0 Å². The van der Waals surface area contributed by atoms with Crippen LogP contribution in [0.1, 0.15) is 38.6 Å². The van der Waals surface area contributed by atoms with E-state index in [4.69, 9.17) is 9.47 Å². The van der Waals surface area contributed by atoms with Gasteiger partial charge in [-0.1, -0.05) is 39.0 Å². The Morgan fingerprint density at radius 1 is 1.06 bits per heavy atom. The van der Waals surface area contributed by atoms with Gasteiger partial charge in [-0.05, 0) is 41.7 Å². The number of carbonyl (C=O) groups is 1. The smallest absolute Gasteiger partial charge is 0.355 e. The second-order valence-corrected chi connectivity index (χ2v) is 10.5. The molecule has 0 spiro atoms. The van der Waals surface area contributed by atoms with Crippen LogP contribution >= 0.6 is 0 Å². The van der Waals surface area contributed by atoms with Gasteiger partial charge in [-0.25, -0.2) is 9.36 Å². The number of benzene rings is 2. The van der Waals surface area contributed by atoms with Crippen LogP contribution in [0.15, 0.2) is 53.3 Å². The highest BCUT2D eigenvalue weighted by atomic mass is 16.5. The number of nitrogens with zero attached hydrogens (tertiary/aromatic N) is 4. The lowest BCUT2D eigenvalue weighted by Crippen LogP contribution is -2.37. The SMILES string of the molecule is COc1cccc(-n2c(CC(=O)CC(C)(C)C)nn(-c3ccc(CCN4CCOCC4)cc3)c2=O)c1. The summed E-state index contributed by atoms with van der Waals surface area (Å²) in [6.07, 6.45) is 1.42. The average molecular weight is 493 g/mol. The van der Waals surface area contributed by atoms with Crippen LogP contribution in [0.4, 0.5) is 0 Å². The van der Waals surface area contributed by atoms with Crippen LogP contribution in [0.5, 0.6) is 5.75 Å². The molecule has 1 aliphatic rings. The average Bonchev–Trinajstić information content (AvgIpc) is 3.17. The molecule has 1 aliphatic heterocycles. The molecule has 0 saturated carbocycles. The first-order valence-electron chi connectivity index (χ1n) is 12.5. The molecule has 0 atom stereocenters. The van der Waals surface area contributed by atoms with Crippen molar-refractivity contribution in [3.8, 4) is 17.1 Å². The summed E-state index contributed by atoms with van der Waals surface area (Å²) in [5.74, 6) is 1.09. The summed E-state index contributed by atoms with van der Waals surface area (Å²) in [7, 11) is 1.58. The molecule has 0 N–H and O–H groups in total. The van der Waals surface area contributed by atoms with Gasteiger partial charge in [-0.15, -0.1) is 5.10 Å². The third-order valence-electron chi connectivity index (χ3n) is 6.24. The van der Waals surface area contributed by atoms with Gasteiger partial charge in [0.2, 0.25) is 0 Å². The van der Waals surface area contributed by atoms with Gasteiger partial charge in [0.15, 0.2) is 0 Å². The van der Waals surface area contributed by atoms with E-state index in [0.29, 0.717) is 29.4 Å². The topological polar surface area (TPSA) is 78.6 Å². The maximum absolute atomic E-state index is 13.6. The first-order chi connectivity index (χ1) is 17.2. The van der Waals surface area contributed by atoms with Gasteiger partial charge >= 0.3 is 5.69 Å². The van der Waals surface area contributed by atoms with Crippen molar-refractivity contribution in [3.05, 3.63) is 70.4 Å². The summed E-state index contributed by atoms with van der Waals surface area (Å²) in [4.78, 5) is 28.8. The Morgan fingerprint density at radius 2 is 1.78 bits per heavy atom. The maximum Gasteiger partial charge on any atom is 0.355 e. The Labute approximate surface area is 212 Å². The van der Waals surface area contributed by atoms with Crippen molar-refractivity contribution < 1.29 is 14.3 Å². The Hall–Kier alpha value is -3.23. The zero-order valence-corrected chi connectivity index (χ0v) is 21.7. The number of hydrogen-bond donors (Lipinski definition) is 0. The van der Waals surface area contributed by atoms with Crippen molar-refractivity contribution in [3.63, 3.8) is 0 Å². The fraction of sp³-hybridized carbons (Fsp3) is 0.464. The number of methoxy groups -OCH3 is 1. The molecule has 2 heterocycles. The monoisotopic (exact) mass is 492 g/mol. The minimum atomic E-state index is -0.317. The summed E-state index contributed by atoms with van der Waals surface area (Å²) in [6, 6.07) is 15.1. The molecule has 0 amide bonds. The predicted molar refractivity (Wildman–Crippen MR) is 139 cm³/mol. The molecular formula is C28H36N4O4. The highest BCUT2D eigenvalue weighted by Gasteiger charge is 2.22. The van der Waals surface area contributed by atoms with Gasteiger partial charge < -0.3 is 9.47 Å². The lowest BCUT2D eigenvalue weighted by Gasteiger charge is -2.26. The predicted octanol–water partition coefficient (Wildman–Crippen LogP) is 3.45. The van der Waals surface area contributed by atoms with E-state index in [1.807, 2.05) is 63.2 Å². The Morgan fingerprint density at radius 3 is 2.44 bits per heavy atom. The summed E-state index contributed by atoms with van der Waals surface area (Å²) < 4.78 is 13.7. The van der Waals surface area contributed by atoms with E-state index in [1.54, 1.807) is 13.2 Å². The highest BCUT2D eigenvalue weighted by Crippen LogP contribution is 2.21. The van der Waals surface area contributed by atoms with E-state index < -0.39 is 0 Å². The van der Waals surface area contributed by atoms with Crippen LogP contribution in [0.2, 0.25) is 0 Å². The molecule has 1 saturated heterocycles. The number of morpholine rings is 1. The van der Waals surface area contributed by atoms with E-state index in [0.717, 1.165) is 39.3 Å². The Kier molecular flexibility index (Phi) is 8.06. The summed E-state index contributed by atoms with van der Waals surface area (Å²) in [6.45, 7) is 10.6. The number of carbonyl (C=O) groups excluding carboxylic acids is 1. The maximum atomic E-state index is 13.6. The second-order valence-electron chi connectivity index (χ2n) is 10.5. The molecule has 8 nitrogen and oxygen atoms in total. The molecule has 1 aromatic heterocycles. The third kappa shape index (κ3) is 6.50. The molecule has 0 bridgehead atoms. The normalized spacial score (nSPS) is 14.7. The van der Waals surface area contributed by atoms with Gasteiger partial charge in [0, 0.05) is 32.1 Å². The quantitative estimate of drug-likeness (QED) is 0.455. The first-order valence-corrected chi connectivity index (χ1v) is 12.5. The molecule has 1 fully saturated rings. The van der Waals surface area contributed by atoms with Gasteiger partial charge in [0.25, 0.3) is 0 Å². The number of ketones is 1. The molecule has 0 unspecified atom stereocenters. The minimum Gasteiger partial charge on any atom is -0.497 e. The van der Waals surface area contributed by atoms with Crippen LogP contribution in [-0.2, 0) is 22.4 Å². The number of Topliss-reactive ketones (excluding diaryl/α,β-unsaturated/α-hetero) is 1. The summed E-state index contributed by atoms with van der Waals surface area (Å²) in [5.41, 5.74) is 2.03. The molecule has 4 rings (SSSR count). The lowest BCUT2D eigenvalue weighted by molar-refractivity contribution is -0.120. The van der Waals surface area contributed by atoms with Crippen molar-refractivity contribution in [2.75, 3.05) is 40.0 Å². The van der Waals surface area contributed by atoms with E-state index in [2.05, 4.69) is 10.00 Å². The Bertz CT molecular complexity index is 1230. The van der Waals surface area contributed by atoms with Crippen molar-refractivity contribution in [1.29, 1.82) is 0 Å². The van der Waals surface area contributed by atoms with Crippen molar-refractivity contribution in [2.45, 2.75) is 40.0 Å². The summed E-state index contributed by atoms with van der Waals surface area (Å²) in [5, 5.41) is 4.61. The molecular weight excluding hydrogens is 456 g/mol. The van der Waals surface area contributed by atoms with Crippen molar-refractivity contribution >= 4 is 5.78 Å². The highest BCUT2D eigenvalue weighted by molar-refractivity contribution is 5.80. The zero-order valence-electron chi connectivity index (χ0n) is 21.7. The Balaban J connectivity index is 1.62. The van der Waals surface area contributed by atoms with E-state index >= 15 is 0 Å². The number of aromatic nitrogens is 3. The minimum absolute atomic E-state index is 0.0438. The molecule has 3 aromatic rings. The van der Waals surface area contributed by atoms with Crippen molar-refractivity contribution in [2.24, 2.45) is 5.41 Å². The van der Waals surface area contributed by atoms with Gasteiger partial charge in [0.05, 0.1) is 38.1 Å². The molecule has 2 aromatic carbocycles. The number of ether oxygens (including phenoxy) is 2. The molecule has 192 valence electrons. The zero-order chi connectivity index (χ0) is 25.7. The molecule has 8 heteroatoms. The fourth-order valence-electron chi connectivity index (χ4n) is 4.45. The lowest BCUT2D eigenvalue weighted by atomic mass is 9.89. The van der Waals surface area contributed by atoms with Crippen LogP contribution in [0.3, 0.4) is 0 Å². The van der Waals surface area contributed by atoms with Crippen molar-refractivity contribution in [1.82, 2.24) is 19.2 Å². The standard InChI is InChI=1S/C28H36N4O4/c1-28(2,3)20-24(33)19-26-29-32(27(34)31(26)23-6-5-7-25(18-23)35-4)22-10-8-21(9-11-22)12-13-30-14-16-36-17-15-30/h5-11,18H,12-17,19-20H2,1-4H3. The van der Waals surface area contributed by atoms with Crippen LogP contribution in [0.25, 0.3) is 11.4 Å². The van der Waals surface area contributed by atoms with Crippen LogP contribution in [0, 0.1) is 5.41 Å². The summed E-state index contributed by atoms with van der Waals surface area (Å²) >= 11 is 0. The number of hydrogen-bond acceptors (Lipinski definition) is 6. The largest absolute Gasteiger partial charge is 0.497 e. The van der Waals surface area contributed by atoms with Gasteiger partial charge in [-0.2, -0.15) is 4.68 Å². The number of rotatable bonds is 9. The fourth-order valence-corrected chi connectivity index (χ4v) is 4.45. The first kappa shape index (κ1) is 25.9. The van der Waals surface area contributed by atoms with E-state index in [9.17, 15) is 9.59 Å². The molecule has 36 heavy (non-hydrogen) atoms. The van der Waals surface area contributed by atoms with E-state index in [1.165, 1.54) is 14.8 Å². The second kappa shape index (κ2) is 11.2. The van der Waals surface area contributed by atoms with E-state index in [-0.39, 0.29) is 23.3 Å². The molecule has 0 aliphatic carbocycles. The molecule has 0 radical (unpaired) electrons. The van der Waals surface area contributed by atoms with Crippen LogP contribution < -0.4 is 10.4 Å².